The maximum atomic E-state index is 13.0. The van der Waals surface area contributed by atoms with Crippen molar-refractivity contribution in [2.24, 2.45) is 5.92 Å². The number of rotatable bonds is 5. The number of anilines is 1. The lowest BCUT2D eigenvalue weighted by atomic mass is 10.1. The summed E-state index contributed by atoms with van der Waals surface area (Å²) in [6.45, 7) is 0.908. The quantitative estimate of drug-likeness (QED) is 0.915. The van der Waals surface area contributed by atoms with E-state index in [-0.39, 0.29) is 30.0 Å². The van der Waals surface area contributed by atoms with Crippen LogP contribution >= 0.6 is 11.3 Å². The third-order valence-corrected chi connectivity index (χ3v) is 4.66. The molecule has 1 aliphatic rings. The maximum Gasteiger partial charge on any atom is 0.227 e. The number of carbonyl (C=O) groups excluding carboxylic acids is 2. The van der Waals surface area contributed by atoms with Crippen LogP contribution < -0.4 is 10.2 Å². The predicted molar refractivity (Wildman–Crippen MR) is 87.9 cm³/mol. The van der Waals surface area contributed by atoms with Crippen LogP contribution in [0.5, 0.6) is 0 Å². The summed E-state index contributed by atoms with van der Waals surface area (Å²) < 4.78 is 13.0. The molecule has 0 aliphatic carbocycles. The van der Waals surface area contributed by atoms with Crippen LogP contribution in [0.3, 0.4) is 0 Å². The van der Waals surface area contributed by atoms with Gasteiger partial charge < -0.3 is 10.2 Å². The van der Waals surface area contributed by atoms with Crippen molar-refractivity contribution in [2.75, 3.05) is 18.0 Å². The summed E-state index contributed by atoms with van der Waals surface area (Å²) in [7, 11) is 0. The van der Waals surface area contributed by atoms with Gasteiger partial charge in [0.15, 0.2) is 0 Å². The fourth-order valence-electron chi connectivity index (χ4n) is 2.66. The Kier molecular flexibility index (Phi) is 4.71. The lowest BCUT2D eigenvalue weighted by molar-refractivity contribution is -0.126. The molecule has 0 radical (unpaired) electrons. The molecule has 3 rings (SSSR count). The first kappa shape index (κ1) is 15.7. The Morgan fingerprint density at radius 3 is 2.78 bits per heavy atom. The molecular formula is C17H17FN2O2S. The standard InChI is InChI=1S/C17H17FN2O2S/c18-14-1-3-15(4-2-14)20-10-13(9-16(20)21)17(22)19-7-5-12-6-8-23-11-12/h1-4,6,8,11,13H,5,7,9-10H2,(H,19,22)/t13-/m1/s1. The van der Waals surface area contributed by atoms with E-state index in [1.807, 2.05) is 11.4 Å². The number of benzene rings is 1. The lowest BCUT2D eigenvalue weighted by Gasteiger charge is -2.16. The third-order valence-electron chi connectivity index (χ3n) is 3.93. The second-order valence-electron chi connectivity index (χ2n) is 5.55. The van der Waals surface area contributed by atoms with Crippen molar-refractivity contribution in [3.63, 3.8) is 0 Å². The zero-order chi connectivity index (χ0) is 16.2. The van der Waals surface area contributed by atoms with E-state index in [1.165, 1.54) is 17.7 Å². The summed E-state index contributed by atoms with van der Waals surface area (Å²) >= 11 is 1.63. The molecule has 0 bridgehead atoms. The summed E-state index contributed by atoms with van der Waals surface area (Å²) in [5.74, 6) is -0.897. The molecule has 1 aromatic carbocycles. The van der Waals surface area contributed by atoms with E-state index in [0.717, 1.165) is 6.42 Å². The zero-order valence-corrected chi connectivity index (χ0v) is 13.3. The molecule has 1 saturated heterocycles. The normalized spacial score (nSPS) is 17.5. The van der Waals surface area contributed by atoms with Crippen LogP contribution in [-0.4, -0.2) is 24.9 Å². The first-order valence-electron chi connectivity index (χ1n) is 7.48. The Balaban J connectivity index is 1.54. The number of carbonyl (C=O) groups is 2. The Morgan fingerprint density at radius 2 is 2.09 bits per heavy atom. The largest absolute Gasteiger partial charge is 0.355 e. The first-order valence-corrected chi connectivity index (χ1v) is 8.42. The molecule has 4 nitrogen and oxygen atoms in total. The summed E-state index contributed by atoms with van der Waals surface area (Å²) in [5.41, 5.74) is 1.83. The van der Waals surface area contributed by atoms with Crippen LogP contribution in [0.2, 0.25) is 0 Å². The predicted octanol–water partition coefficient (Wildman–Crippen LogP) is 2.60. The van der Waals surface area contributed by atoms with Gasteiger partial charge in [0, 0.05) is 25.2 Å². The number of nitrogens with zero attached hydrogens (tertiary/aromatic N) is 1. The highest BCUT2D eigenvalue weighted by molar-refractivity contribution is 7.07. The molecule has 2 heterocycles. The molecule has 0 saturated carbocycles. The Labute approximate surface area is 137 Å². The molecule has 1 atom stereocenters. The summed E-state index contributed by atoms with van der Waals surface area (Å²) in [6.07, 6.45) is 0.985. The van der Waals surface area contributed by atoms with Crippen molar-refractivity contribution in [3.8, 4) is 0 Å². The van der Waals surface area contributed by atoms with Crippen molar-refractivity contribution in [1.82, 2.24) is 5.32 Å². The van der Waals surface area contributed by atoms with Gasteiger partial charge >= 0.3 is 0 Å². The van der Waals surface area contributed by atoms with Gasteiger partial charge in [-0.2, -0.15) is 11.3 Å². The number of halogens is 1. The number of nitrogens with one attached hydrogen (secondary N) is 1. The van der Waals surface area contributed by atoms with Gasteiger partial charge in [-0.25, -0.2) is 4.39 Å². The van der Waals surface area contributed by atoms with Gasteiger partial charge in [-0.3, -0.25) is 9.59 Å². The average Bonchev–Trinajstić information content (AvgIpc) is 3.18. The van der Waals surface area contributed by atoms with E-state index in [9.17, 15) is 14.0 Å². The molecular weight excluding hydrogens is 315 g/mol. The van der Waals surface area contributed by atoms with Crippen molar-refractivity contribution < 1.29 is 14.0 Å². The summed E-state index contributed by atoms with van der Waals surface area (Å²) in [6, 6.07) is 7.79. The van der Waals surface area contributed by atoms with Gasteiger partial charge in [-0.05, 0) is 53.1 Å². The van der Waals surface area contributed by atoms with Gasteiger partial charge in [0.2, 0.25) is 11.8 Å². The van der Waals surface area contributed by atoms with Gasteiger partial charge in [0.25, 0.3) is 0 Å². The molecule has 2 amide bonds. The number of hydrogen-bond donors (Lipinski definition) is 1. The molecule has 6 heteroatoms. The van der Waals surface area contributed by atoms with Gasteiger partial charge in [-0.1, -0.05) is 0 Å². The number of thiophene rings is 1. The Hall–Kier alpha value is -2.21. The number of amides is 2. The highest BCUT2D eigenvalue weighted by atomic mass is 32.1. The highest BCUT2D eigenvalue weighted by Crippen LogP contribution is 2.25. The Morgan fingerprint density at radius 1 is 1.30 bits per heavy atom. The van der Waals surface area contributed by atoms with Crippen LogP contribution in [-0.2, 0) is 16.0 Å². The van der Waals surface area contributed by atoms with Crippen molar-refractivity contribution >= 4 is 28.8 Å². The molecule has 1 fully saturated rings. The monoisotopic (exact) mass is 332 g/mol. The minimum absolute atomic E-state index is 0.0989. The topological polar surface area (TPSA) is 49.4 Å². The van der Waals surface area contributed by atoms with Crippen molar-refractivity contribution in [3.05, 3.63) is 52.5 Å². The lowest BCUT2D eigenvalue weighted by Crippen LogP contribution is -2.34. The minimum atomic E-state index is -0.352. The zero-order valence-electron chi connectivity index (χ0n) is 12.5. The average molecular weight is 332 g/mol. The van der Waals surface area contributed by atoms with E-state index < -0.39 is 0 Å². The highest BCUT2D eigenvalue weighted by Gasteiger charge is 2.34. The van der Waals surface area contributed by atoms with E-state index in [0.29, 0.717) is 18.8 Å². The fourth-order valence-corrected chi connectivity index (χ4v) is 3.37. The Bertz CT molecular complexity index is 685. The van der Waals surface area contributed by atoms with Crippen molar-refractivity contribution in [2.45, 2.75) is 12.8 Å². The van der Waals surface area contributed by atoms with Crippen LogP contribution in [0.1, 0.15) is 12.0 Å². The van der Waals surface area contributed by atoms with E-state index in [1.54, 1.807) is 28.4 Å². The van der Waals surface area contributed by atoms with Gasteiger partial charge in [0.1, 0.15) is 5.82 Å². The van der Waals surface area contributed by atoms with Crippen LogP contribution in [0.4, 0.5) is 10.1 Å². The van der Waals surface area contributed by atoms with Gasteiger partial charge in [-0.15, -0.1) is 0 Å². The van der Waals surface area contributed by atoms with Gasteiger partial charge in [0.05, 0.1) is 5.92 Å². The molecule has 120 valence electrons. The van der Waals surface area contributed by atoms with Crippen molar-refractivity contribution in [1.29, 1.82) is 0 Å². The van der Waals surface area contributed by atoms with Crippen LogP contribution in [0.25, 0.3) is 0 Å². The maximum absolute atomic E-state index is 13.0. The minimum Gasteiger partial charge on any atom is -0.355 e. The molecule has 23 heavy (non-hydrogen) atoms. The SMILES string of the molecule is O=C(NCCc1ccsc1)[C@@H]1CC(=O)N(c2ccc(F)cc2)C1. The molecule has 0 unspecified atom stereocenters. The second kappa shape index (κ2) is 6.91. The smallest absolute Gasteiger partial charge is 0.227 e. The molecule has 1 aliphatic heterocycles. The first-order chi connectivity index (χ1) is 11.1. The summed E-state index contributed by atoms with van der Waals surface area (Å²) in [5, 5.41) is 6.96. The van der Waals surface area contributed by atoms with Crippen LogP contribution in [0, 0.1) is 11.7 Å². The second-order valence-corrected chi connectivity index (χ2v) is 6.33. The molecule has 0 spiro atoms. The van der Waals surface area contributed by atoms with E-state index in [4.69, 9.17) is 0 Å². The molecule has 1 aromatic heterocycles. The fraction of sp³-hybridized carbons (Fsp3) is 0.294. The van der Waals surface area contributed by atoms with E-state index in [2.05, 4.69) is 10.7 Å². The van der Waals surface area contributed by atoms with E-state index >= 15 is 0 Å². The number of hydrogen-bond acceptors (Lipinski definition) is 3. The third kappa shape index (κ3) is 3.76. The molecule has 2 aromatic rings. The molecule has 1 N–H and O–H groups in total. The summed E-state index contributed by atoms with van der Waals surface area (Å²) in [4.78, 5) is 25.8. The van der Waals surface area contributed by atoms with Crippen LogP contribution in [0.15, 0.2) is 41.1 Å².